The van der Waals surface area contributed by atoms with Crippen molar-refractivity contribution in [1.29, 1.82) is 5.26 Å². The van der Waals surface area contributed by atoms with Gasteiger partial charge in [0.05, 0.1) is 28.7 Å². The number of hydrogen-bond acceptors (Lipinski definition) is 5. The maximum Gasteiger partial charge on any atom is 0.198 e. The molecule has 1 saturated heterocycles. The van der Waals surface area contributed by atoms with Gasteiger partial charge in [-0.2, -0.15) is 5.26 Å². The molecule has 25 heavy (non-hydrogen) atoms. The Morgan fingerprint density at radius 3 is 2.76 bits per heavy atom. The molecule has 1 aliphatic rings. The summed E-state index contributed by atoms with van der Waals surface area (Å²) in [5, 5.41) is 11.7. The average Bonchev–Trinajstić information content (AvgIpc) is 3.07. The second kappa shape index (κ2) is 6.25. The number of hydrogen-bond donors (Lipinski definition) is 0. The van der Waals surface area contributed by atoms with E-state index in [1.165, 1.54) is 6.26 Å². The first-order valence-corrected chi connectivity index (χ1v) is 8.17. The third-order valence-electron chi connectivity index (χ3n) is 4.24. The third kappa shape index (κ3) is 2.76. The fourth-order valence-electron chi connectivity index (χ4n) is 3.05. The highest BCUT2D eigenvalue weighted by Gasteiger charge is 2.37. The van der Waals surface area contributed by atoms with Crippen molar-refractivity contribution in [3.63, 3.8) is 0 Å². The number of benzene rings is 2. The quantitative estimate of drug-likeness (QED) is 0.690. The minimum Gasteiger partial charge on any atom is -0.464 e. The first-order valence-electron chi connectivity index (χ1n) is 7.79. The normalized spacial score (nSPS) is 19.9. The van der Waals surface area contributed by atoms with Crippen LogP contribution in [0.15, 0.2) is 64.0 Å². The molecular weight excluding hydrogens is 340 g/mol. The molecule has 2 heterocycles. The maximum atomic E-state index is 13.0. The average molecular weight is 353 g/mol. The molecule has 0 bridgehead atoms. The van der Waals surface area contributed by atoms with Crippen LogP contribution in [0, 0.1) is 11.3 Å². The van der Waals surface area contributed by atoms with E-state index in [9.17, 15) is 10.1 Å². The molecule has 0 spiro atoms. The van der Waals surface area contributed by atoms with Gasteiger partial charge in [-0.05, 0) is 30.3 Å². The summed E-state index contributed by atoms with van der Waals surface area (Å²) in [4.78, 5) is 18.7. The Morgan fingerprint density at radius 2 is 2.00 bits per heavy atom. The van der Waals surface area contributed by atoms with E-state index in [0.29, 0.717) is 28.0 Å². The topological polar surface area (TPSA) is 66.5 Å². The van der Waals surface area contributed by atoms with Crippen LogP contribution in [0.4, 0.5) is 5.69 Å². The summed E-state index contributed by atoms with van der Waals surface area (Å²) in [7, 11) is 0. The zero-order chi connectivity index (χ0) is 17.4. The lowest BCUT2D eigenvalue weighted by Gasteiger charge is -2.24. The molecule has 124 valence electrons. The molecule has 6 heteroatoms. The number of rotatable bonds is 2. The van der Waals surface area contributed by atoms with Crippen LogP contribution in [0.3, 0.4) is 0 Å². The van der Waals surface area contributed by atoms with E-state index in [1.807, 2.05) is 30.3 Å². The predicted octanol–water partition coefficient (Wildman–Crippen LogP) is 4.22. The Hall–Kier alpha value is -2.81. The van der Waals surface area contributed by atoms with Crippen molar-refractivity contribution in [2.75, 3.05) is 5.06 Å². The molecule has 0 saturated carbocycles. The molecule has 0 unspecified atom stereocenters. The van der Waals surface area contributed by atoms with Crippen LogP contribution in [0.2, 0.25) is 5.02 Å². The SMILES string of the molecule is N#C[C@@H]1C[C@@H](c2coc3ccc(Cl)cc3c2=O)N(c2ccccc2)O1. The summed E-state index contributed by atoms with van der Waals surface area (Å²) in [6.45, 7) is 0. The molecule has 2 aromatic carbocycles. The van der Waals surface area contributed by atoms with E-state index >= 15 is 0 Å². The molecular formula is C19H13ClN2O3. The maximum absolute atomic E-state index is 13.0. The van der Waals surface area contributed by atoms with Crippen molar-refractivity contribution in [1.82, 2.24) is 0 Å². The van der Waals surface area contributed by atoms with E-state index < -0.39 is 12.1 Å². The Balaban J connectivity index is 1.84. The Bertz CT molecular complexity index is 1030. The van der Waals surface area contributed by atoms with Crippen molar-refractivity contribution in [2.45, 2.75) is 18.6 Å². The van der Waals surface area contributed by atoms with E-state index in [2.05, 4.69) is 6.07 Å². The fourth-order valence-corrected chi connectivity index (χ4v) is 3.22. The molecule has 5 nitrogen and oxygen atoms in total. The number of nitrogens with zero attached hydrogens (tertiary/aromatic N) is 2. The van der Waals surface area contributed by atoms with Gasteiger partial charge >= 0.3 is 0 Å². The summed E-state index contributed by atoms with van der Waals surface area (Å²) in [5.74, 6) is 0. The smallest absolute Gasteiger partial charge is 0.198 e. The van der Waals surface area contributed by atoms with Gasteiger partial charge in [0.25, 0.3) is 0 Å². The summed E-state index contributed by atoms with van der Waals surface area (Å²) in [6.07, 6.45) is 1.20. The zero-order valence-electron chi connectivity index (χ0n) is 13.1. The second-order valence-corrected chi connectivity index (χ2v) is 6.23. The van der Waals surface area contributed by atoms with Crippen molar-refractivity contribution in [3.05, 3.63) is 75.6 Å². The lowest BCUT2D eigenvalue weighted by Crippen LogP contribution is -2.26. The van der Waals surface area contributed by atoms with E-state index in [4.69, 9.17) is 20.9 Å². The van der Waals surface area contributed by atoms with Crippen LogP contribution < -0.4 is 10.5 Å². The fraction of sp³-hybridized carbons (Fsp3) is 0.158. The lowest BCUT2D eigenvalue weighted by molar-refractivity contribution is 0.118. The standard InChI is InChI=1S/C19H13ClN2O3/c20-12-6-7-18-15(8-12)19(23)16(11-24-18)17-9-14(10-21)25-22(17)13-4-2-1-3-5-13/h1-8,11,14,17H,9H2/t14-,17-/m0/s1. The van der Waals surface area contributed by atoms with Gasteiger partial charge in [-0.25, -0.2) is 5.06 Å². The highest BCUT2D eigenvalue weighted by molar-refractivity contribution is 6.31. The number of para-hydroxylation sites is 1. The van der Waals surface area contributed by atoms with Gasteiger partial charge in [-0.1, -0.05) is 29.8 Å². The van der Waals surface area contributed by atoms with Crippen LogP contribution in [0.5, 0.6) is 0 Å². The molecule has 0 aliphatic carbocycles. The third-order valence-corrected chi connectivity index (χ3v) is 4.47. The minimum atomic E-state index is -0.625. The zero-order valence-corrected chi connectivity index (χ0v) is 13.8. The van der Waals surface area contributed by atoms with Gasteiger partial charge in [0.1, 0.15) is 11.8 Å². The van der Waals surface area contributed by atoms with Gasteiger partial charge in [0.2, 0.25) is 0 Å². The van der Waals surface area contributed by atoms with Crippen molar-refractivity contribution in [3.8, 4) is 6.07 Å². The second-order valence-electron chi connectivity index (χ2n) is 5.80. The van der Waals surface area contributed by atoms with Gasteiger partial charge < -0.3 is 4.42 Å². The van der Waals surface area contributed by atoms with Crippen LogP contribution >= 0.6 is 11.6 Å². The Morgan fingerprint density at radius 1 is 1.20 bits per heavy atom. The number of anilines is 1. The van der Waals surface area contributed by atoms with Gasteiger partial charge in [0, 0.05) is 11.4 Å². The number of halogens is 1. The number of hydroxylamine groups is 1. The van der Waals surface area contributed by atoms with Gasteiger partial charge in [-0.15, -0.1) is 0 Å². The summed E-state index contributed by atoms with van der Waals surface area (Å²) < 4.78 is 5.62. The summed E-state index contributed by atoms with van der Waals surface area (Å²) in [5.41, 5.74) is 1.52. The minimum absolute atomic E-state index is 0.170. The van der Waals surface area contributed by atoms with Crippen molar-refractivity contribution < 1.29 is 9.25 Å². The largest absolute Gasteiger partial charge is 0.464 e. The first-order chi connectivity index (χ1) is 12.2. The van der Waals surface area contributed by atoms with Crippen LogP contribution in [-0.4, -0.2) is 6.10 Å². The Labute approximate surface area is 148 Å². The molecule has 0 amide bonds. The van der Waals surface area contributed by atoms with Crippen LogP contribution in [0.1, 0.15) is 18.0 Å². The highest BCUT2D eigenvalue weighted by atomic mass is 35.5. The molecule has 0 N–H and O–H groups in total. The molecule has 1 aromatic heterocycles. The summed E-state index contributed by atoms with van der Waals surface area (Å²) >= 11 is 6.01. The van der Waals surface area contributed by atoms with Crippen LogP contribution in [-0.2, 0) is 4.84 Å². The van der Waals surface area contributed by atoms with E-state index in [-0.39, 0.29) is 5.43 Å². The van der Waals surface area contributed by atoms with Crippen molar-refractivity contribution >= 4 is 28.3 Å². The number of fused-ring (bicyclic) bond motifs is 1. The van der Waals surface area contributed by atoms with Gasteiger partial charge in [0.15, 0.2) is 11.5 Å². The Kier molecular flexibility index (Phi) is 3.92. The highest BCUT2D eigenvalue weighted by Crippen LogP contribution is 2.37. The van der Waals surface area contributed by atoms with Crippen LogP contribution in [0.25, 0.3) is 11.0 Å². The molecule has 1 fully saturated rings. The molecule has 3 aromatic rings. The van der Waals surface area contributed by atoms with E-state index in [1.54, 1.807) is 23.3 Å². The lowest BCUT2D eigenvalue weighted by atomic mass is 10.0. The number of nitriles is 1. The molecule has 0 radical (unpaired) electrons. The van der Waals surface area contributed by atoms with Crippen molar-refractivity contribution in [2.24, 2.45) is 0 Å². The summed E-state index contributed by atoms with van der Waals surface area (Å²) in [6, 6.07) is 16.0. The monoisotopic (exact) mass is 352 g/mol. The molecule has 1 aliphatic heterocycles. The molecule has 2 atom stereocenters. The predicted molar refractivity (Wildman–Crippen MR) is 94.3 cm³/mol. The van der Waals surface area contributed by atoms with Gasteiger partial charge in [-0.3, -0.25) is 9.63 Å². The first kappa shape index (κ1) is 15.7. The van der Waals surface area contributed by atoms with E-state index in [0.717, 1.165) is 5.69 Å². The molecule has 4 rings (SSSR count).